The lowest BCUT2D eigenvalue weighted by atomic mass is 10.1. The largest absolute Gasteiger partial charge is 0.339 e. The van der Waals surface area contributed by atoms with Crippen molar-refractivity contribution in [3.05, 3.63) is 47.3 Å². The number of benzene rings is 1. The van der Waals surface area contributed by atoms with E-state index in [-0.39, 0.29) is 12.6 Å². The van der Waals surface area contributed by atoms with Gasteiger partial charge in [-0.05, 0) is 54.2 Å². The lowest BCUT2D eigenvalue weighted by Crippen LogP contribution is -2.37. The minimum atomic E-state index is -2.29. The van der Waals surface area contributed by atoms with Crippen LogP contribution in [-0.2, 0) is 11.8 Å². The summed E-state index contributed by atoms with van der Waals surface area (Å²) in [6, 6.07) is 6.57. The maximum absolute atomic E-state index is 12.6. The molecule has 1 fully saturated rings. The molecule has 2 N–H and O–H groups in total. The smallest absolute Gasteiger partial charge is 0.251 e. The molecular weight excluding hydrogens is 543 g/mol. The van der Waals surface area contributed by atoms with Gasteiger partial charge in [-0.15, -0.1) is 0 Å². The molecule has 2 aromatic heterocycles. The second kappa shape index (κ2) is 10.8. The molecule has 0 amide bonds. The number of anilines is 4. The van der Waals surface area contributed by atoms with Crippen LogP contribution in [0.4, 0.5) is 31.9 Å². The molecule has 3 heterocycles. The fraction of sp³-hybridized carbons (Fsp3) is 0.409. The Hall–Kier alpha value is -1.94. The number of piperidine rings is 1. The Morgan fingerprint density at radius 2 is 1.91 bits per heavy atom. The quantitative estimate of drug-likeness (QED) is 0.362. The summed E-state index contributed by atoms with van der Waals surface area (Å²) in [7, 11) is 0. The Morgan fingerprint density at radius 3 is 2.62 bits per heavy atom. The van der Waals surface area contributed by atoms with Crippen LogP contribution < -0.4 is 15.9 Å². The summed E-state index contributed by atoms with van der Waals surface area (Å²) >= 11 is 9.27. The van der Waals surface area contributed by atoms with E-state index < -0.39 is 12.5 Å². The maximum Gasteiger partial charge on any atom is 0.251 e. The normalized spacial score (nSPS) is 15.6. The summed E-state index contributed by atoms with van der Waals surface area (Å²) in [5.41, 5.74) is 1.70. The van der Waals surface area contributed by atoms with Gasteiger partial charge in [0.25, 0.3) is 6.43 Å². The number of rotatable bonds is 8. The third-order valence-corrected chi connectivity index (χ3v) is 8.39. The predicted octanol–water partition coefficient (Wildman–Crippen LogP) is 5.19. The van der Waals surface area contributed by atoms with Crippen LogP contribution in [0.1, 0.15) is 18.9 Å². The standard InChI is InChI=1S/C22H27BrF2N7PS/c1-33(2,34)19-6-4-3-5-18(19)29-21-17(23)12-26-22(30-21)28-15-11-27-32(13-15)16-7-9-31(10-8-16)14-20(24)25/h3-6,11-13,16,20H,7-10,14H2,1-2H3,(H2,26,28,29,30). The summed E-state index contributed by atoms with van der Waals surface area (Å²) in [6.45, 7) is 5.34. The number of halogens is 3. The summed E-state index contributed by atoms with van der Waals surface area (Å²) in [5.74, 6) is 1.06. The molecule has 182 valence electrons. The Labute approximate surface area is 211 Å². The zero-order chi connectivity index (χ0) is 24.3. The fourth-order valence-electron chi connectivity index (χ4n) is 3.98. The van der Waals surface area contributed by atoms with Crippen molar-refractivity contribution in [3.63, 3.8) is 0 Å². The molecular formula is C22H27BrF2N7PS. The van der Waals surface area contributed by atoms with Crippen molar-refractivity contribution in [3.8, 4) is 0 Å². The second-order valence-electron chi connectivity index (χ2n) is 8.64. The van der Waals surface area contributed by atoms with Crippen LogP contribution in [0.5, 0.6) is 0 Å². The average molecular weight is 570 g/mol. The van der Waals surface area contributed by atoms with Crippen molar-refractivity contribution < 1.29 is 8.78 Å². The lowest BCUT2D eigenvalue weighted by molar-refractivity contribution is 0.0690. The minimum Gasteiger partial charge on any atom is -0.339 e. The van der Waals surface area contributed by atoms with E-state index in [1.54, 1.807) is 17.3 Å². The van der Waals surface area contributed by atoms with Crippen LogP contribution >= 0.6 is 22.0 Å². The molecule has 0 radical (unpaired) electrons. The Balaban J connectivity index is 1.44. The van der Waals surface area contributed by atoms with Crippen LogP contribution in [0.2, 0.25) is 0 Å². The molecule has 0 saturated carbocycles. The van der Waals surface area contributed by atoms with Crippen LogP contribution in [0.25, 0.3) is 0 Å². The molecule has 1 aromatic carbocycles. The van der Waals surface area contributed by atoms with Gasteiger partial charge in [-0.1, -0.05) is 30.0 Å². The number of para-hydroxylation sites is 1. The molecule has 1 aliphatic rings. The molecule has 4 rings (SSSR count). The molecule has 0 atom stereocenters. The summed E-state index contributed by atoms with van der Waals surface area (Å²) in [5, 5.41) is 12.2. The van der Waals surface area contributed by atoms with Gasteiger partial charge in [-0.2, -0.15) is 10.1 Å². The topological polar surface area (TPSA) is 70.9 Å². The first-order valence-corrected chi connectivity index (χ1v) is 15.4. The van der Waals surface area contributed by atoms with E-state index in [1.165, 1.54) is 0 Å². The van der Waals surface area contributed by atoms with E-state index in [4.69, 9.17) is 11.8 Å². The molecule has 3 aromatic rings. The number of likely N-dealkylation sites (tertiary alicyclic amines) is 1. The van der Waals surface area contributed by atoms with Gasteiger partial charge in [0.05, 0.1) is 28.9 Å². The SMILES string of the molecule is CP(C)(=S)c1ccccc1Nc1nc(Nc2cnn(C3CCN(CC(F)F)CC3)c2)ncc1Br. The Kier molecular flexibility index (Phi) is 7.97. The van der Waals surface area contributed by atoms with Gasteiger partial charge in [0.1, 0.15) is 5.82 Å². The summed E-state index contributed by atoms with van der Waals surface area (Å²) < 4.78 is 27.8. The van der Waals surface area contributed by atoms with Gasteiger partial charge in [-0.25, -0.2) is 13.8 Å². The fourth-order valence-corrected chi connectivity index (χ4v) is 5.91. The molecule has 34 heavy (non-hydrogen) atoms. The molecule has 0 unspecified atom stereocenters. The highest BCUT2D eigenvalue weighted by Gasteiger charge is 2.23. The molecule has 0 bridgehead atoms. The van der Waals surface area contributed by atoms with Crippen LogP contribution in [-0.4, -0.2) is 64.0 Å². The highest BCUT2D eigenvalue weighted by molar-refractivity contribution is 9.10. The van der Waals surface area contributed by atoms with Crippen molar-refractivity contribution in [2.45, 2.75) is 25.3 Å². The molecule has 1 saturated heterocycles. The van der Waals surface area contributed by atoms with Gasteiger partial charge in [0, 0.05) is 36.5 Å². The van der Waals surface area contributed by atoms with E-state index in [0.717, 1.165) is 34.0 Å². The molecule has 1 aliphatic heterocycles. The molecule has 0 spiro atoms. The molecule has 7 nitrogen and oxygen atoms in total. The van der Waals surface area contributed by atoms with Crippen molar-refractivity contribution in [2.75, 3.05) is 43.6 Å². The zero-order valence-corrected chi connectivity index (χ0v) is 22.3. The summed E-state index contributed by atoms with van der Waals surface area (Å²) in [4.78, 5) is 10.8. The van der Waals surface area contributed by atoms with E-state index in [2.05, 4.69) is 61.0 Å². The predicted molar refractivity (Wildman–Crippen MR) is 141 cm³/mol. The van der Waals surface area contributed by atoms with E-state index in [1.807, 2.05) is 29.1 Å². The van der Waals surface area contributed by atoms with Crippen molar-refractivity contribution in [1.82, 2.24) is 24.6 Å². The van der Waals surface area contributed by atoms with Gasteiger partial charge in [0.15, 0.2) is 0 Å². The van der Waals surface area contributed by atoms with Gasteiger partial charge in [-0.3, -0.25) is 9.58 Å². The number of hydrogen-bond donors (Lipinski definition) is 2. The first-order chi connectivity index (χ1) is 16.2. The molecule has 12 heteroatoms. The monoisotopic (exact) mass is 569 g/mol. The van der Waals surface area contributed by atoms with E-state index in [0.29, 0.717) is 24.9 Å². The Bertz CT molecular complexity index is 1180. The van der Waals surface area contributed by atoms with E-state index >= 15 is 0 Å². The first kappa shape index (κ1) is 25.2. The molecule has 0 aliphatic carbocycles. The first-order valence-electron chi connectivity index (χ1n) is 10.9. The van der Waals surface area contributed by atoms with Gasteiger partial charge < -0.3 is 10.6 Å². The van der Waals surface area contributed by atoms with Crippen LogP contribution in [0, 0.1) is 0 Å². The van der Waals surface area contributed by atoms with Gasteiger partial charge >= 0.3 is 0 Å². The zero-order valence-electron chi connectivity index (χ0n) is 19.0. The minimum absolute atomic E-state index is 0.161. The second-order valence-corrected chi connectivity index (χ2v) is 15.4. The van der Waals surface area contributed by atoms with Crippen molar-refractivity contribution in [2.24, 2.45) is 0 Å². The summed E-state index contributed by atoms with van der Waals surface area (Å²) in [6.07, 6.45) is 4.61. The third kappa shape index (κ3) is 6.38. The highest BCUT2D eigenvalue weighted by atomic mass is 79.9. The number of nitrogens with zero attached hydrogens (tertiary/aromatic N) is 5. The maximum atomic E-state index is 12.6. The lowest BCUT2D eigenvalue weighted by Gasteiger charge is -2.31. The number of aromatic nitrogens is 4. The number of nitrogens with one attached hydrogen (secondary N) is 2. The van der Waals surface area contributed by atoms with E-state index in [9.17, 15) is 8.78 Å². The average Bonchev–Trinajstić information content (AvgIpc) is 3.24. The van der Waals surface area contributed by atoms with Crippen LogP contribution in [0.15, 0.2) is 47.3 Å². The van der Waals surface area contributed by atoms with Gasteiger partial charge in [0.2, 0.25) is 5.95 Å². The Morgan fingerprint density at radius 1 is 1.18 bits per heavy atom. The van der Waals surface area contributed by atoms with Crippen molar-refractivity contribution in [1.29, 1.82) is 0 Å². The number of hydrogen-bond acceptors (Lipinski definition) is 7. The van der Waals surface area contributed by atoms with Crippen LogP contribution in [0.3, 0.4) is 0 Å². The van der Waals surface area contributed by atoms with Crippen molar-refractivity contribution >= 4 is 62.2 Å². The highest BCUT2D eigenvalue weighted by Crippen LogP contribution is 2.39. The third-order valence-electron chi connectivity index (χ3n) is 5.67. The number of alkyl halides is 2.